The number of ether oxygens (including phenoxy) is 1. The van der Waals surface area contributed by atoms with E-state index >= 15 is 0 Å². The standard InChI is InChI=1S/C33H35Cl2N3O3/c1-22(39)38-20-28-19-30(25-10-8-24(9-11-25)13-15-41-29-17-26(34)16-27(35)18-29)32(31(21-38)36-28)33(40)37(2)14-12-23-6-4-3-5-7-23/h3-11,16-18,28,31,36H,12-15,19-21H2,1-2H3/t28?,31-/m1/s1. The van der Waals surface area contributed by atoms with Gasteiger partial charge in [-0.3, -0.25) is 9.59 Å². The normalized spacial score (nSPS) is 18.3. The molecule has 3 aromatic carbocycles. The highest BCUT2D eigenvalue weighted by atomic mass is 35.5. The molecule has 41 heavy (non-hydrogen) atoms. The Morgan fingerprint density at radius 1 is 0.951 bits per heavy atom. The second kappa shape index (κ2) is 13.1. The smallest absolute Gasteiger partial charge is 0.251 e. The van der Waals surface area contributed by atoms with Crippen LogP contribution in [0.3, 0.4) is 0 Å². The quantitative estimate of drug-likeness (QED) is 0.349. The molecule has 2 aliphatic heterocycles. The minimum atomic E-state index is -0.203. The third-order valence-electron chi connectivity index (χ3n) is 7.80. The molecular weight excluding hydrogens is 557 g/mol. The zero-order valence-corrected chi connectivity index (χ0v) is 24.9. The van der Waals surface area contributed by atoms with Gasteiger partial charge in [-0.15, -0.1) is 0 Å². The Balaban J connectivity index is 1.34. The first kappa shape index (κ1) is 29.2. The molecule has 1 saturated heterocycles. The maximum Gasteiger partial charge on any atom is 0.251 e. The molecule has 0 spiro atoms. The summed E-state index contributed by atoms with van der Waals surface area (Å²) in [6, 6.07) is 23.7. The van der Waals surface area contributed by atoms with E-state index in [2.05, 4.69) is 41.7 Å². The summed E-state index contributed by atoms with van der Waals surface area (Å²) in [5.74, 6) is 0.695. The number of carbonyl (C=O) groups excluding carboxylic acids is 2. The van der Waals surface area contributed by atoms with Crippen molar-refractivity contribution in [2.24, 2.45) is 0 Å². The molecule has 214 valence electrons. The minimum absolute atomic E-state index is 0.00921. The second-order valence-corrected chi connectivity index (χ2v) is 11.7. The monoisotopic (exact) mass is 591 g/mol. The summed E-state index contributed by atoms with van der Waals surface area (Å²) >= 11 is 12.2. The molecule has 8 heteroatoms. The lowest BCUT2D eigenvalue weighted by molar-refractivity contribution is -0.132. The van der Waals surface area contributed by atoms with Crippen molar-refractivity contribution in [3.8, 4) is 5.75 Å². The third kappa shape index (κ3) is 7.31. The Morgan fingerprint density at radius 2 is 1.63 bits per heavy atom. The van der Waals surface area contributed by atoms with E-state index in [1.165, 1.54) is 5.56 Å². The molecule has 6 nitrogen and oxygen atoms in total. The first-order chi connectivity index (χ1) is 19.8. The number of carbonyl (C=O) groups is 2. The minimum Gasteiger partial charge on any atom is -0.493 e. The summed E-state index contributed by atoms with van der Waals surface area (Å²) in [5, 5.41) is 4.71. The zero-order valence-electron chi connectivity index (χ0n) is 23.4. The number of nitrogens with zero attached hydrogens (tertiary/aromatic N) is 2. The molecule has 1 fully saturated rings. The summed E-state index contributed by atoms with van der Waals surface area (Å²) in [6.45, 7) is 3.84. The largest absolute Gasteiger partial charge is 0.493 e. The van der Waals surface area contributed by atoms with Gasteiger partial charge in [0.25, 0.3) is 5.91 Å². The molecule has 3 aromatic rings. The lowest BCUT2D eigenvalue weighted by Gasteiger charge is -2.44. The first-order valence-corrected chi connectivity index (χ1v) is 14.7. The lowest BCUT2D eigenvalue weighted by Crippen LogP contribution is -2.61. The molecule has 0 saturated carbocycles. The fraction of sp³-hybridized carbons (Fsp3) is 0.333. The molecule has 0 aliphatic carbocycles. The number of halogens is 2. The fourth-order valence-electron chi connectivity index (χ4n) is 5.64. The number of benzene rings is 3. The highest BCUT2D eigenvalue weighted by Crippen LogP contribution is 2.34. The van der Waals surface area contributed by atoms with E-state index < -0.39 is 0 Å². The van der Waals surface area contributed by atoms with Crippen molar-refractivity contribution in [1.82, 2.24) is 15.1 Å². The number of hydrogen-bond donors (Lipinski definition) is 1. The van der Waals surface area contributed by atoms with Crippen molar-refractivity contribution in [3.63, 3.8) is 0 Å². The maximum absolute atomic E-state index is 14.0. The summed E-state index contributed by atoms with van der Waals surface area (Å²) in [6.07, 6.45) is 2.19. The van der Waals surface area contributed by atoms with Crippen LogP contribution in [0, 0.1) is 0 Å². The summed E-state index contributed by atoms with van der Waals surface area (Å²) in [4.78, 5) is 29.9. The van der Waals surface area contributed by atoms with E-state index in [-0.39, 0.29) is 23.9 Å². The van der Waals surface area contributed by atoms with E-state index in [1.807, 2.05) is 35.0 Å². The van der Waals surface area contributed by atoms with Crippen LogP contribution in [0.2, 0.25) is 10.0 Å². The van der Waals surface area contributed by atoms with Gasteiger partial charge in [-0.2, -0.15) is 0 Å². The second-order valence-electron chi connectivity index (χ2n) is 10.8. The van der Waals surface area contributed by atoms with Crippen LogP contribution in [-0.4, -0.2) is 67.0 Å². The predicted molar refractivity (Wildman–Crippen MR) is 164 cm³/mol. The molecular formula is C33H35Cl2N3O3. The van der Waals surface area contributed by atoms with Gasteiger partial charge in [-0.1, -0.05) is 77.8 Å². The van der Waals surface area contributed by atoms with Crippen LogP contribution >= 0.6 is 23.2 Å². The highest BCUT2D eigenvalue weighted by molar-refractivity contribution is 6.34. The molecule has 0 radical (unpaired) electrons. The number of fused-ring (bicyclic) bond motifs is 2. The predicted octanol–water partition coefficient (Wildman–Crippen LogP) is 5.66. The van der Waals surface area contributed by atoms with Crippen LogP contribution in [-0.2, 0) is 22.4 Å². The van der Waals surface area contributed by atoms with Gasteiger partial charge in [0.05, 0.1) is 12.6 Å². The van der Waals surface area contributed by atoms with Gasteiger partial charge in [-0.05, 0) is 53.3 Å². The molecule has 2 heterocycles. The first-order valence-electron chi connectivity index (χ1n) is 14.0. The summed E-state index contributed by atoms with van der Waals surface area (Å²) < 4.78 is 5.86. The maximum atomic E-state index is 14.0. The Morgan fingerprint density at radius 3 is 2.32 bits per heavy atom. The molecule has 0 aromatic heterocycles. The van der Waals surface area contributed by atoms with Crippen LogP contribution < -0.4 is 10.1 Å². The summed E-state index contributed by atoms with van der Waals surface area (Å²) in [5.41, 5.74) is 5.20. The van der Waals surface area contributed by atoms with Crippen LogP contribution in [0.25, 0.3) is 5.57 Å². The van der Waals surface area contributed by atoms with Crippen molar-refractivity contribution in [3.05, 3.63) is 105 Å². The average molecular weight is 593 g/mol. The summed E-state index contributed by atoms with van der Waals surface area (Å²) in [7, 11) is 1.86. The number of rotatable bonds is 9. The van der Waals surface area contributed by atoms with Crippen LogP contribution in [0.5, 0.6) is 5.75 Å². The molecule has 2 atom stereocenters. The molecule has 5 rings (SSSR count). The molecule has 1 unspecified atom stereocenters. The van der Waals surface area contributed by atoms with E-state index in [1.54, 1.807) is 25.1 Å². The Kier molecular flexibility index (Phi) is 9.33. The van der Waals surface area contributed by atoms with Crippen LogP contribution in [0.4, 0.5) is 0 Å². The zero-order chi connectivity index (χ0) is 28.9. The molecule has 1 N–H and O–H groups in total. The third-order valence-corrected chi connectivity index (χ3v) is 8.24. The van der Waals surface area contributed by atoms with E-state index in [0.29, 0.717) is 48.5 Å². The number of nitrogens with one attached hydrogen (secondary N) is 1. The number of hydrogen-bond acceptors (Lipinski definition) is 4. The van der Waals surface area contributed by atoms with Crippen LogP contribution in [0.1, 0.15) is 30.0 Å². The molecule has 2 aliphatic rings. The van der Waals surface area contributed by atoms with E-state index in [0.717, 1.165) is 35.1 Å². The fourth-order valence-corrected chi connectivity index (χ4v) is 6.15. The van der Waals surface area contributed by atoms with Gasteiger partial charge in [0.1, 0.15) is 5.75 Å². The topological polar surface area (TPSA) is 61.9 Å². The Hall–Kier alpha value is -3.32. The van der Waals surface area contributed by atoms with Crippen molar-refractivity contribution in [2.75, 3.05) is 33.3 Å². The van der Waals surface area contributed by atoms with Crippen LogP contribution in [0.15, 0.2) is 78.4 Å². The van der Waals surface area contributed by atoms with Crippen molar-refractivity contribution in [1.29, 1.82) is 0 Å². The highest BCUT2D eigenvalue weighted by Gasteiger charge is 2.39. The number of amides is 2. The van der Waals surface area contributed by atoms with Gasteiger partial charge in [0.2, 0.25) is 5.91 Å². The van der Waals surface area contributed by atoms with Gasteiger partial charge < -0.3 is 19.9 Å². The Labute approximate surface area is 251 Å². The lowest BCUT2D eigenvalue weighted by atomic mass is 9.82. The van der Waals surface area contributed by atoms with Crippen molar-refractivity contribution < 1.29 is 14.3 Å². The average Bonchev–Trinajstić information content (AvgIpc) is 2.95. The van der Waals surface area contributed by atoms with Crippen molar-refractivity contribution in [2.45, 2.75) is 38.3 Å². The number of piperazine rings is 1. The van der Waals surface area contributed by atoms with Gasteiger partial charge >= 0.3 is 0 Å². The van der Waals surface area contributed by atoms with E-state index in [4.69, 9.17) is 27.9 Å². The SMILES string of the molecule is CC(=O)N1CC2CC(c3ccc(CCOc4cc(Cl)cc(Cl)c4)cc3)=C(C(=O)N(C)CCc3ccccc3)[C@@H](C1)N2. The molecule has 2 amide bonds. The van der Waals surface area contributed by atoms with E-state index in [9.17, 15) is 9.59 Å². The number of likely N-dealkylation sites (N-methyl/N-ethyl adjacent to an activating group) is 1. The molecule has 2 bridgehead atoms. The van der Waals surface area contributed by atoms with Crippen molar-refractivity contribution >= 4 is 40.6 Å². The van der Waals surface area contributed by atoms with Gasteiger partial charge in [0, 0.05) is 61.7 Å². The van der Waals surface area contributed by atoms with Gasteiger partial charge in [0.15, 0.2) is 0 Å². The van der Waals surface area contributed by atoms with Gasteiger partial charge in [-0.25, -0.2) is 0 Å². The Bertz CT molecular complexity index is 1410.